The van der Waals surface area contributed by atoms with E-state index in [1.807, 2.05) is 39.1 Å². The summed E-state index contributed by atoms with van der Waals surface area (Å²) >= 11 is 13.3. The van der Waals surface area contributed by atoms with Crippen molar-refractivity contribution in [2.45, 2.75) is 39.2 Å². The number of hydrogen-bond acceptors (Lipinski definition) is 7. The zero-order valence-corrected chi connectivity index (χ0v) is 22.6. The second-order valence-corrected chi connectivity index (χ2v) is 9.48. The minimum absolute atomic E-state index is 0.368. The number of rotatable bonds is 5. The molecule has 1 N–H and O–H groups in total. The Morgan fingerprint density at radius 3 is 2.11 bits per heavy atom. The Bertz CT molecular complexity index is 1150. The van der Waals surface area contributed by atoms with Crippen LogP contribution in [0.3, 0.4) is 0 Å². The van der Waals surface area contributed by atoms with Gasteiger partial charge in [0.15, 0.2) is 0 Å². The number of aryl methyl sites for hydroxylation is 1. The summed E-state index contributed by atoms with van der Waals surface area (Å²) in [6, 6.07) is 5.62. The number of halogens is 2. The Labute approximate surface area is 216 Å². The van der Waals surface area contributed by atoms with Crippen LogP contribution < -0.4 is 14.4 Å². The number of aromatic nitrogens is 2. The van der Waals surface area contributed by atoms with Crippen molar-refractivity contribution in [2.75, 3.05) is 45.9 Å². The number of nitrogens with zero attached hydrogens (tertiary/aromatic N) is 3. The molecule has 1 aromatic carbocycles. The molecule has 3 aromatic rings. The SMILES string of the molecule is CCOC.COc1cc(OC)c(Cl)c(-c2cc3cnc(C)cc3c(N3CCC(C)(O)CC3)n2)c1Cl. The summed E-state index contributed by atoms with van der Waals surface area (Å²) in [5, 5.41) is 13.1. The first-order valence-electron chi connectivity index (χ1n) is 11.5. The molecule has 0 atom stereocenters. The normalized spacial score (nSPS) is 14.9. The van der Waals surface area contributed by atoms with Crippen LogP contribution in [0.1, 0.15) is 32.4 Å². The standard InChI is InChI=1S/C23H25Cl2N3O3.C3H8O/c1-13-9-15-14(12-26-13)10-16(27-22(15)28-7-5-23(2,29)6-8-28)19-20(24)17(30-3)11-18(31-4)21(19)25;1-3-4-2/h9-12,29H,5-8H2,1-4H3;3H2,1-2H3. The van der Waals surface area contributed by atoms with Crippen LogP contribution in [-0.4, -0.2) is 61.7 Å². The monoisotopic (exact) mass is 521 g/mol. The third-order valence-corrected chi connectivity index (χ3v) is 6.84. The first kappa shape index (κ1) is 27.3. The Hall–Kier alpha value is -2.32. The van der Waals surface area contributed by atoms with Gasteiger partial charge in [-0.15, -0.1) is 0 Å². The molecule has 3 heterocycles. The van der Waals surface area contributed by atoms with Crippen molar-refractivity contribution in [2.24, 2.45) is 0 Å². The molecule has 1 fully saturated rings. The van der Waals surface area contributed by atoms with E-state index < -0.39 is 5.60 Å². The number of pyridine rings is 2. The number of aliphatic hydroxyl groups is 1. The molecule has 1 aliphatic heterocycles. The highest BCUT2D eigenvalue weighted by Crippen LogP contribution is 2.46. The second kappa shape index (κ2) is 11.6. The summed E-state index contributed by atoms with van der Waals surface area (Å²) in [5.74, 6) is 1.73. The summed E-state index contributed by atoms with van der Waals surface area (Å²) in [4.78, 5) is 11.7. The highest BCUT2D eigenvalue weighted by Gasteiger charge is 2.29. The van der Waals surface area contributed by atoms with Gasteiger partial charge in [0.05, 0.1) is 35.6 Å². The van der Waals surface area contributed by atoms with E-state index in [1.54, 1.807) is 27.4 Å². The third-order valence-electron chi connectivity index (χ3n) is 6.09. The van der Waals surface area contributed by atoms with Gasteiger partial charge in [-0.25, -0.2) is 4.98 Å². The van der Waals surface area contributed by atoms with Crippen molar-refractivity contribution in [1.82, 2.24) is 9.97 Å². The van der Waals surface area contributed by atoms with E-state index in [1.165, 1.54) is 0 Å². The van der Waals surface area contributed by atoms with Gasteiger partial charge < -0.3 is 24.2 Å². The van der Waals surface area contributed by atoms with Gasteiger partial charge in [-0.05, 0) is 45.7 Å². The summed E-state index contributed by atoms with van der Waals surface area (Å²) in [7, 11) is 4.77. The van der Waals surface area contributed by atoms with E-state index in [0.717, 1.165) is 28.9 Å². The molecular formula is C26H33Cl2N3O4. The van der Waals surface area contributed by atoms with Crippen molar-refractivity contribution in [3.8, 4) is 22.8 Å². The van der Waals surface area contributed by atoms with Crippen LogP contribution >= 0.6 is 23.2 Å². The zero-order chi connectivity index (χ0) is 25.8. The topological polar surface area (TPSA) is 76.9 Å². The van der Waals surface area contributed by atoms with E-state index in [4.69, 9.17) is 37.7 Å². The molecule has 190 valence electrons. The summed E-state index contributed by atoms with van der Waals surface area (Å²) in [6.07, 6.45) is 3.16. The molecular weight excluding hydrogens is 489 g/mol. The number of piperidine rings is 1. The first-order valence-corrected chi connectivity index (χ1v) is 12.2. The Kier molecular flexibility index (Phi) is 9.05. The molecule has 0 amide bonds. The highest BCUT2D eigenvalue weighted by molar-refractivity contribution is 6.41. The Morgan fingerprint density at radius 2 is 1.60 bits per heavy atom. The quantitative estimate of drug-likeness (QED) is 0.445. The van der Waals surface area contributed by atoms with Crippen LogP contribution in [0.2, 0.25) is 10.0 Å². The van der Waals surface area contributed by atoms with Gasteiger partial charge in [0.2, 0.25) is 0 Å². The lowest BCUT2D eigenvalue weighted by molar-refractivity contribution is 0.0350. The highest BCUT2D eigenvalue weighted by atomic mass is 35.5. The van der Waals surface area contributed by atoms with Gasteiger partial charge in [0.1, 0.15) is 17.3 Å². The molecule has 0 bridgehead atoms. The molecule has 0 radical (unpaired) electrons. The minimum atomic E-state index is -0.659. The van der Waals surface area contributed by atoms with Crippen molar-refractivity contribution in [3.63, 3.8) is 0 Å². The lowest BCUT2D eigenvalue weighted by Crippen LogP contribution is -2.42. The van der Waals surface area contributed by atoms with Crippen LogP contribution in [0.4, 0.5) is 5.82 Å². The van der Waals surface area contributed by atoms with E-state index in [9.17, 15) is 5.11 Å². The smallest absolute Gasteiger partial charge is 0.141 e. The van der Waals surface area contributed by atoms with Crippen molar-refractivity contribution < 1.29 is 19.3 Å². The number of fused-ring (bicyclic) bond motifs is 1. The number of benzene rings is 1. The molecule has 7 nitrogen and oxygen atoms in total. The van der Waals surface area contributed by atoms with Crippen molar-refractivity contribution in [3.05, 3.63) is 40.1 Å². The molecule has 9 heteroatoms. The molecule has 2 aromatic heterocycles. The second-order valence-electron chi connectivity index (χ2n) is 8.72. The molecule has 0 saturated carbocycles. The van der Waals surface area contributed by atoms with Gasteiger partial charge in [-0.2, -0.15) is 0 Å². The Balaban J connectivity index is 0.000000795. The average molecular weight is 522 g/mol. The van der Waals surface area contributed by atoms with E-state index in [-0.39, 0.29) is 0 Å². The summed E-state index contributed by atoms with van der Waals surface area (Å²) in [5.41, 5.74) is 1.41. The number of hydrogen-bond donors (Lipinski definition) is 1. The summed E-state index contributed by atoms with van der Waals surface area (Å²) < 4.78 is 15.4. The predicted molar refractivity (Wildman–Crippen MR) is 142 cm³/mol. The molecule has 1 aliphatic rings. The average Bonchev–Trinajstić information content (AvgIpc) is 2.84. The van der Waals surface area contributed by atoms with Gasteiger partial charge in [0.25, 0.3) is 0 Å². The van der Waals surface area contributed by atoms with Gasteiger partial charge in [-0.3, -0.25) is 4.98 Å². The van der Waals surface area contributed by atoms with Crippen LogP contribution in [0, 0.1) is 6.92 Å². The van der Waals surface area contributed by atoms with Crippen LogP contribution in [0.25, 0.3) is 22.0 Å². The largest absolute Gasteiger partial charge is 0.495 e. The predicted octanol–water partition coefficient (Wildman–Crippen LogP) is 5.93. The van der Waals surface area contributed by atoms with Crippen LogP contribution in [-0.2, 0) is 4.74 Å². The minimum Gasteiger partial charge on any atom is -0.495 e. The van der Waals surface area contributed by atoms with Crippen LogP contribution in [0.15, 0.2) is 24.4 Å². The van der Waals surface area contributed by atoms with E-state index >= 15 is 0 Å². The lowest BCUT2D eigenvalue weighted by atomic mass is 9.93. The third kappa shape index (κ3) is 6.09. The van der Waals surface area contributed by atoms with Crippen LogP contribution in [0.5, 0.6) is 11.5 Å². The fourth-order valence-electron chi connectivity index (χ4n) is 3.91. The van der Waals surface area contributed by atoms with E-state index in [2.05, 4.69) is 14.6 Å². The maximum atomic E-state index is 10.4. The molecule has 1 saturated heterocycles. The summed E-state index contributed by atoms with van der Waals surface area (Å²) in [6.45, 7) is 8.01. The number of ether oxygens (including phenoxy) is 3. The molecule has 0 unspecified atom stereocenters. The fourth-order valence-corrected chi connectivity index (χ4v) is 4.61. The molecule has 35 heavy (non-hydrogen) atoms. The zero-order valence-electron chi connectivity index (χ0n) is 21.1. The molecule has 0 spiro atoms. The van der Waals surface area contributed by atoms with Gasteiger partial charge in [-0.1, -0.05) is 23.2 Å². The number of methoxy groups -OCH3 is 3. The maximum absolute atomic E-state index is 10.4. The fraction of sp³-hybridized carbons (Fsp3) is 0.462. The van der Waals surface area contributed by atoms with Crippen molar-refractivity contribution in [1.29, 1.82) is 0 Å². The molecule has 0 aliphatic carbocycles. The van der Waals surface area contributed by atoms with Crippen molar-refractivity contribution >= 4 is 39.8 Å². The molecule has 4 rings (SSSR count). The number of anilines is 1. The Morgan fingerprint density at radius 1 is 1.03 bits per heavy atom. The lowest BCUT2D eigenvalue weighted by Gasteiger charge is -2.37. The van der Waals surface area contributed by atoms with Gasteiger partial charge >= 0.3 is 0 Å². The first-order chi connectivity index (χ1) is 16.6. The van der Waals surface area contributed by atoms with Gasteiger partial charge in [0, 0.05) is 61.1 Å². The maximum Gasteiger partial charge on any atom is 0.141 e. The van der Waals surface area contributed by atoms with E-state index in [0.29, 0.717) is 58.7 Å².